The van der Waals surface area contributed by atoms with E-state index in [0.717, 1.165) is 22.7 Å². The molecule has 5 nitrogen and oxygen atoms in total. The Hall–Kier alpha value is -1.53. The molecule has 2 aromatic rings. The Morgan fingerprint density at radius 1 is 1.30 bits per heavy atom. The summed E-state index contributed by atoms with van der Waals surface area (Å²) in [5, 5.41) is 0.913. The number of aromatic nitrogens is 2. The largest absolute Gasteiger partial charge is 0.372 e. The minimum Gasteiger partial charge on any atom is -0.372 e. The molecule has 1 amide bonds. The van der Waals surface area contributed by atoms with Crippen molar-refractivity contribution in [3.8, 4) is 0 Å². The van der Waals surface area contributed by atoms with Gasteiger partial charge in [0.1, 0.15) is 0 Å². The Labute approximate surface area is 141 Å². The molecule has 0 aliphatic carbocycles. The van der Waals surface area contributed by atoms with E-state index < -0.39 is 0 Å². The van der Waals surface area contributed by atoms with Crippen LogP contribution in [0.4, 0.5) is 0 Å². The van der Waals surface area contributed by atoms with Crippen LogP contribution in [0.15, 0.2) is 29.4 Å². The number of rotatable bonds is 4. The van der Waals surface area contributed by atoms with Gasteiger partial charge in [-0.3, -0.25) is 4.79 Å². The summed E-state index contributed by atoms with van der Waals surface area (Å²) in [6, 6.07) is 8.10. The van der Waals surface area contributed by atoms with Crippen LogP contribution in [-0.4, -0.2) is 51.4 Å². The molecule has 1 aliphatic rings. The van der Waals surface area contributed by atoms with E-state index in [1.165, 1.54) is 11.8 Å². The zero-order valence-corrected chi connectivity index (χ0v) is 14.7. The highest BCUT2D eigenvalue weighted by molar-refractivity contribution is 7.99. The lowest BCUT2D eigenvalue weighted by atomic mass is 10.2. The first-order valence-electron chi connectivity index (χ1n) is 8.09. The third-order valence-electron chi connectivity index (χ3n) is 4.03. The molecule has 0 radical (unpaired) electrons. The first-order chi connectivity index (χ1) is 11.1. The summed E-state index contributed by atoms with van der Waals surface area (Å²) in [5.41, 5.74) is 2.11. The summed E-state index contributed by atoms with van der Waals surface area (Å²) in [4.78, 5) is 19.1. The van der Waals surface area contributed by atoms with Gasteiger partial charge in [0.2, 0.25) is 5.91 Å². The second kappa shape index (κ2) is 6.93. The predicted octanol–water partition coefficient (Wildman–Crippen LogP) is 2.78. The molecule has 0 saturated carbocycles. The number of hydrogen-bond donors (Lipinski definition) is 0. The maximum atomic E-state index is 12.5. The number of fused-ring (bicyclic) bond motifs is 1. The minimum atomic E-state index is 0.105. The predicted molar refractivity (Wildman–Crippen MR) is 92.7 cm³/mol. The number of ether oxygens (including phenoxy) is 1. The molecule has 6 heteroatoms. The second-order valence-corrected chi connectivity index (χ2v) is 6.91. The van der Waals surface area contributed by atoms with E-state index in [4.69, 9.17) is 4.74 Å². The summed E-state index contributed by atoms with van der Waals surface area (Å²) in [5.74, 6) is 0.578. The standard InChI is InChI=1S/C17H23N3O2S/c1-4-20-15-8-6-5-7-14(15)18-17(20)23-11-16(21)19-9-12(2)22-13(3)10-19/h5-8,12-13H,4,9-11H2,1-3H3/t12-,13-/m0/s1. The molecular formula is C17H23N3O2S. The lowest BCUT2D eigenvalue weighted by molar-refractivity contribution is -0.140. The Morgan fingerprint density at radius 2 is 2.00 bits per heavy atom. The highest BCUT2D eigenvalue weighted by Gasteiger charge is 2.26. The van der Waals surface area contributed by atoms with Gasteiger partial charge < -0.3 is 14.2 Å². The van der Waals surface area contributed by atoms with Gasteiger partial charge in [0.05, 0.1) is 29.0 Å². The maximum Gasteiger partial charge on any atom is 0.233 e. The molecule has 124 valence electrons. The van der Waals surface area contributed by atoms with E-state index in [0.29, 0.717) is 18.8 Å². The number of para-hydroxylation sites is 2. The van der Waals surface area contributed by atoms with Crippen LogP contribution < -0.4 is 0 Å². The average molecular weight is 333 g/mol. The summed E-state index contributed by atoms with van der Waals surface area (Å²) in [7, 11) is 0. The zero-order chi connectivity index (χ0) is 16.4. The number of carbonyl (C=O) groups excluding carboxylic acids is 1. The molecule has 1 aliphatic heterocycles. The van der Waals surface area contributed by atoms with Crippen LogP contribution >= 0.6 is 11.8 Å². The van der Waals surface area contributed by atoms with Crippen molar-refractivity contribution in [1.29, 1.82) is 0 Å². The molecule has 0 unspecified atom stereocenters. The first kappa shape index (κ1) is 16.3. The van der Waals surface area contributed by atoms with Gasteiger partial charge in [-0.1, -0.05) is 23.9 Å². The Bertz CT molecular complexity index is 690. The molecule has 1 aromatic carbocycles. The lowest BCUT2D eigenvalue weighted by Gasteiger charge is -2.35. The van der Waals surface area contributed by atoms with Crippen LogP contribution in [0.25, 0.3) is 11.0 Å². The van der Waals surface area contributed by atoms with E-state index in [2.05, 4.69) is 22.5 Å². The monoisotopic (exact) mass is 333 g/mol. The van der Waals surface area contributed by atoms with Gasteiger partial charge in [-0.2, -0.15) is 0 Å². The van der Waals surface area contributed by atoms with Crippen molar-refractivity contribution < 1.29 is 9.53 Å². The van der Waals surface area contributed by atoms with Crippen LogP contribution in [0, 0.1) is 0 Å². The van der Waals surface area contributed by atoms with E-state index in [1.54, 1.807) is 0 Å². The van der Waals surface area contributed by atoms with Crippen LogP contribution in [0.2, 0.25) is 0 Å². The molecule has 0 N–H and O–H groups in total. The van der Waals surface area contributed by atoms with Crippen LogP contribution in [0.3, 0.4) is 0 Å². The molecule has 1 saturated heterocycles. The fourth-order valence-electron chi connectivity index (χ4n) is 3.07. The average Bonchev–Trinajstić information content (AvgIpc) is 2.89. The van der Waals surface area contributed by atoms with E-state index in [1.807, 2.05) is 36.9 Å². The Balaban J connectivity index is 1.69. The van der Waals surface area contributed by atoms with Crippen molar-refractivity contribution in [1.82, 2.24) is 14.5 Å². The molecule has 2 atom stereocenters. The van der Waals surface area contributed by atoms with Crippen molar-refractivity contribution in [3.63, 3.8) is 0 Å². The third kappa shape index (κ3) is 3.53. The molecule has 1 fully saturated rings. The van der Waals surface area contributed by atoms with Gasteiger partial charge in [0, 0.05) is 19.6 Å². The fourth-order valence-corrected chi connectivity index (χ4v) is 4.05. The van der Waals surface area contributed by atoms with Crippen molar-refractivity contribution >= 4 is 28.7 Å². The van der Waals surface area contributed by atoms with Crippen molar-refractivity contribution in [2.75, 3.05) is 18.8 Å². The fraction of sp³-hybridized carbons (Fsp3) is 0.529. The summed E-state index contributed by atoms with van der Waals surface area (Å²) in [6.07, 6.45) is 0.209. The van der Waals surface area contributed by atoms with E-state index in [-0.39, 0.29) is 18.1 Å². The number of benzene rings is 1. The number of carbonyl (C=O) groups is 1. The number of morpholine rings is 1. The topological polar surface area (TPSA) is 47.4 Å². The third-order valence-corrected chi connectivity index (χ3v) is 4.99. The first-order valence-corrected chi connectivity index (χ1v) is 9.08. The maximum absolute atomic E-state index is 12.5. The van der Waals surface area contributed by atoms with Crippen LogP contribution in [0.1, 0.15) is 20.8 Å². The SMILES string of the molecule is CCn1c(SCC(=O)N2C[C@H](C)O[C@@H](C)C2)nc2ccccc21. The zero-order valence-electron chi connectivity index (χ0n) is 13.9. The minimum absolute atomic E-state index is 0.105. The van der Waals surface area contributed by atoms with Crippen LogP contribution in [0.5, 0.6) is 0 Å². The highest BCUT2D eigenvalue weighted by atomic mass is 32.2. The quantitative estimate of drug-likeness (QED) is 0.807. The molecule has 0 bridgehead atoms. The van der Waals surface area contributed by atoms with Gasteiger partial charge >= 0.3 is 0 Å². The van der Waals surface area contributed by atoms with E-state index in [9.17, 15) is 4.79 Å². The number of aryl methyl sites for hydroxylation is 1. The van der Waals surface area contributed by atoms with Crippen molar-refractivity contribution in [2.45, 2.75) is 44.7 Å². The molecule has 23 heavy (non-hydrogen) atoms. The summed E-state index contributed by atoms with van der Waals surface area (Å²) < 4.78 is 7.85. The number of nitrogens with zero attached hydrogens (tertiary/aromatic N) is 3. The molecular weight excluding hydrogens is 310 g/mol. The van der Waals surface area contributed by atoms with Crippen molar-refractivity contribution in [2.24, 2.45) is 0 Å². The molecule has 3 rings (SSSR count). The molecule has 0 spiro atoms. The second-order valence-electron chi connectivity index (χ2n) is 5.97. The number of amides is 1. The lowest BCUT2D eigenvalue weighted by Crippen LogP contribution is -2.48. The summed E-state index contributed by atoms with van der Waals surface area (Å²) in [6.45, 7) is 8.33. The number of thioether (sulfide) groups is 1. The number of imidazole rings is 1. The van der Waals surface area contributed by atoms with Gasteiger partial charge in [-0.05, 0) is 32.9 Å². The molecule has 1 aromatic heterocycles. The smallest absolute Gasteiger partial charge is 0.233 e. The highest BCUT2D eigenvalue weighted by Crippen LogP contribution is 2.24. The normalized spacial score (nSPS) is 21.8. The Kier molecular flexibility index (Phi) is 4.92. The Morgan fingerprint density at radius 3 is 2.70 bits per heavy atom. The number of hydrogen-bond acceptors (Lipinski definition) is 4. The van der Waals surface area contributed by atoms with Gasteiger partial charge in [-0.15, -0.1) is 0 Å². The van der Waals surface area contributed by atoms with Crippen molar-refractivity contribution in [3.05, 3.63) is 24.3 Å². The van der Waals surface area contributed by atoms with Gasteiger partial charge in [-0.25, -0.2) is 4.98 Å². The van der Waals surface area contributed by atoms with Gasteiger partial charge in [0.15, 0.2) is 5.16 Å². The molecule has 2 heterocycles. The van der Waals surface area contributed by atoms with Gasteiger partial charge in [0.25, 0.3) is 0 Å². The van der Waals surface area contributed by atoms with E-state index >= 15 is 0 Å². The van der Waals surface area contributed by atoms with Crippen LogP contribution in [-0.2, 0) is 16.1 Å². The summed E-state index contributed by atoms with van der Waals surface area (Å²) >= 11 is 1.52.